The monoisotopic (exact) mass is 323 g/mol. The van der Waals surface area contributed by atoms with Gasteiger partial charge in [0.1, 0.15) is 0 Å². The molecule has 0 aliphatic rings. The van der Waals surface area contributed by atoms with Gasteiger partial charge in [0.15, 0.2) is 6.29 Å². The molecule has 1 heterocycles. The second kappa shape index (κ2) is 4.83. The van der Waals surface area contributed by atoms with Crippen molar-refractivity contribution in [2.24, 2.45) is 5.14 Å². The van der Waals surface area contributed by atoms with Crippen molar-refractivity contribution in [3.05, 3.63) is 34.7 Å². The fourth-order valence-corrected chi connectivity index (χ4v) is 4.41. The number of aldehydes is 1. The number of thiophene rings is 1. The van der Waals surface area contributed by atoms with Gasteiger partial charge in [-0.1, -0.05) is 18.2 Å². The largest absolute Gasteiger partial charge is 0.411 e. The van der Waals surface area contributed by atoms with Crippen molar-refractivity contribution < 1.29 is 26.4 Å². The highest BCUT2D eigenvalue weighted by atomic mass is 32.2. The van der Waals surface area contributed by atoms with Crippen molar-refractivity contribution in [1.82, 2.24) is 0 Å². The van der Waals surface area contributed by atoms with Crippen LogP contribution in [0.15, 0.2) is 24.3 Å². The van der Waals surface area contributed by atoms with Gasteiger partial charge >= 0.3 is 6.18 Å². The van der Waals surface area contributed by atoms with Crippen LogP contribution in [-0.4, -0.2) is 20.9 Å². The number of halogens is 3. The van der Waals surface area contributed by atoms with Crippen LogP contribution in [0.2, 0.25) is 0 Å². The van der Waals surface area contributed by atoms with Gasteiger partial charge in [-0.3, -0.25) is 4.79 Å². The molecule has 0 aliphatic heterocycles. The van der Waals surface area contributed by atoms with Crippen molar-refractivity contribution in [3.63, 3.8) is 0 Å². The third-order valence-electron chi connectivity index (χ3n) is 2.64. The van der Waals surface area contributed by atoms with E-state index in [1.165, 1.54) is 12.1 Å². The van der Waals surface area contributed by atoms with E-state index in [0.717, 1.165) is 0 Å². The fraction of sp³-hybridized carbons (Fsp3) is 0.182. The Kier molecular flexibility index (Phi) is 3.61. The lowest BCUT2D eigenvalue weighted by atomic mass is 10.1. The van der Waals surface area contributed by atoms with Crippen molar-refractivity contribution in [3.8, 4) is 0 Å². The van der Waals surface area contributed by atoms with Crippen LogP contribution >= 0.6 is 11.3 Å². The predicted molar refractivity (Wildman–Crippen MR) is 69.1 cm³/mol. The molecule has 0 aliphatic carbocycles. The Hall–Kier alpha value is -1.45. The second-order valence-corrected chi connectivity index (χ2v) is 6.74. The standard InChI is InChI=1S/C11H8F3NO3S2/c12-11(13,14)10(20(15,17)18)9-7(5-16)6-3-1-2-4-8(6)19-9/h1-5,10H,(H2,15,17,18). The van der Waals surface area contributed by atoms with Crippen molar-refractivity contribution in [1.29, 1.82) is 0 Å². The highest BCUT2D eigenvalue weighted by molar-refractivity contribution is 7.89. The van der Waals surface area contributed by atoms with E-state index in [2.05, 4.69) is 5.14 Å². The van der Waals surface area contributed by atoms with E-state index < -0.39 is 26.3 Å². The summed E-state index contributed by atoms with van der Waals surface area (Å²) in [6.07, 6.45) is -4.87. The Balaban J connectivity index is 2.81. The number of nitrogens with two attached hydrogens (primary N) is 1. The summed E-state index contributed by atoms with van der Waals surface area (Å²) in [6, 6.07) is 6.09. The summed E-state index contributed by atoms with van der Waals surface area (Å²) in [7, 11) is -4.93. The molecule has 9 heteroatoms. The zero-order chi connectivity index (χ0) is 15.1. The highest BCUT2D eigenvalue weighted by Crippen LogP contribution is 2.44. The van der Waals surface area contributed by atoms with Crippen LogP contribution < -0.4 is 5.14 Å². The second-order valence-electron chi connectivity index (χ2n) is 4.00. The minimum atomic E-state index is -5.09. The number of alkyl halides is 3. The SMILES string of the molecule is NS(=O)(=O)C(c1sc2ccccc2c1C=O)C(F)(F)F. The average Bonchev–Trinajstić information content (AvgIpc) is 2.62. The lowest BCUT2D eigenvalue weighted by Crippen LogP contribution is -2.33. The molecule has 2 N–H and O–H groups in total. The zero-order valence-corrected chi connectivity index (χ0v) is 11.3. The summed E-state index contributed by atoms with van der Waals surface area (Å²) in [6.45, 7) is 0. The number of sulfonamides is 1. The van der Waals surface area contributed by atoms with Crippen LogP contribution in [0.1, 0.15) is 20.5 Å². The smallest absolute Gasteiger partial charge is 0.298 e. The van der Waals surface area contributed by atoms with Gasteiger partial charge in [0.2, 0.25) is 15.3 Å². The zero-order valence-electron chi connectivity index (χ0n) is 9.72. The molecule has 2 rings (SSSR count). The topological polar surface area (TPSA) is 77.2 Å². The number of benzene rings is 1. The average molecular weight is 323 g/mol. The van der Waals surface area contributed by atoms with Gasteiger partial charge in [-0.05, 0) is 6.07 Å². The van der Waals surface area contributed by atoms with Crippen LogP contribution in [0.4, 0.5) is 13.2 Å². The molecule has 108 valence electrons. The third-order valence-corrected chi connectivity index (χ3v) is 5.21. The van der Waals surface area contributed by atoms with Gasteiger partial charge in [0, 0.05) is 20.5 Å². The summed E-state index contributed by atoms with van der Waals surface area (Å²) < 4.78 is 61.9. The Bertz CT molecular complexity index is 765. The number of hydrogen-bond acceptors (Lipinski definition) is 4. The number of fused-ring (bicyclic) bond motifs is 1. The van der Waals surface area contributed by atoms with Gasteiger partial charge < -0.3 is 0 Å². The maximum absolute atomic E-state index is 13.0. The van der Waals surface area contributed by atoms with E-state index in [1.807, 2.05) is 0 Å². The number of rotatable bonds is 3. The summed E-state index contributed by atoms with van der Waals surface area (Å²) in [5, 5.41) is 2.07. The number of carbonyl (C=O) groups is 1. The van der Waals surface area contributed by atoms with Crippen molar-refractivity contribution in [2.45, 2.75) is 11.4 Å². The molecule has 0 amide bonds. The first-order chi connectivity index (χ1) is 9.16. The van der Waals surface area contributed by atoms with E-state index in [0.29, 0.717) is 16.0 Å². The van der Waals surface area contributed by atoms with E-state index in [1.54, 1.807) is 12.1 Å². The van der Waals surface area contributed by atoms with Gasteiger partial charge in [-0.25, -0.2) is 13.6 Å². The summed E-state index contributed by atoms with van der Waals surface area (Å²) >= 11 is 0.600. The van der Waals surface area contributed by atoms with E-state index in [4.69, 9.17) is 0 Å². The summed E-state index contributed by atoms with van der Waals surface area (Å²) in [4.78, 5) is 10.5. The lowest BCUT2D eigenvalue weighted by Gasteiger charge is -2.17. The van der Waals surface area contributed by atoms with Crippen LogP contribution in [-0.2, 0) is 10.0 Å². The molecule has 1 aromatic heterocycles. The molecule has 1 aromatic carbocycles. The molecule has 0 radical (unpaired) electrons. The summed E-state index contributed by atoms with van der Waals surface area (Å²) in [5.74, 6) is 0. The molecule has 2 aromatic rings. The van der Waals surface area contributed by atoms with E-state index >= 15 is 0 Å². The quantitative estimate of drug-likeness (QED) is 0.882. The van der Waals surface area contributed by atoms with Gasteiger partial charge in [0.05, 0.1) is 0 Å². The molecule has 0 saturated carbocycles. The fourth-order valence-electron chi connectivity index (χ4n) is 1.88. The normalized spacial score (nSPS) is 14.4. The molecule has 0 fully saturated rings. The molecule has 0 spiro atoms. The third kappa shape index (κ3) is 2.56. The predicted octanol–water partition coefficient (Wildman–Crippen LogP) is 2.61. The maximum atomic E-state index is 13.0. The summed E-state index contributed by atoms with van der Waals surface area (Å²) in [5.41, 5.74) is -0.290. The Morgan fingerprint density at radius 3 is 2.35 bits per heavy atom. The Labute approximate surface area is 116 Å². The minimum absolute atomic E-state index is 0.220. The van der Waals surface area contributed by atoms with Gasteiger partial charge in [0.25, 0.3) is 0 Å². The molecule has 1 unspecified atom stereocenters. The molecular weight excluding hydrogens is 315 g/mol. The van der Waals surface area contributed by atoms with Crippen LogP contribution in [0, 0.1) is 0 Å². The van der Waals surface area contributed by atoms with Crippen LogP contribution in [0.3, 0.4) is 0 Å². The highest BCUT2D eigenvalue weighted by Gasteiger charge is 2.50. The number of hydrogen-bond donors (Lipinski definition) is 1. The molecular formula is C11H8F3NO3S2. The maximum Gasteiger partial charge on any atom is 0.411 e. The lowest BCUT2D eigenvalue weighted by molar-refractivity contribution is -0.130. The van der Waals surface area contributed by atoms with Crippen molar-refractivity contribution in [2.75, 3.05) is 0 Å². The molecule has 4 nitrogen and oxygen atoms in total. The van der Waals surface area contributed by atoms with Crippen molar-refractivity contribution >= 4 is 37.7 Å². The van der Waals surface area contributed by atoms with Crippen LogP contribution in [0.5, 0.6) is 0 Å². The molecule has 0 bridgehead atoms. The Morgan fingerprint density at radius 1 is 1.25 bits per heavy atom. The first kappa shape index (κ1) is 14.9. The first-order valence-electron chi connectivity index (χ1n) is 5.21. The van der Waals surface area contributed by atoms with E-state index in [-0.39, 0.29) is 17.2 Å². The molecule has 0 saturated heterocycles. The minimum Gasteiger partial charge on any atom is -0.298 e. The van der Waals surface area contributed by atoms with E-state index in [9.17, 15) is 26.4 Å². The Morgan fingerprint density at radius 2 is 1.85 bits per heavy atom. The van der Waals surface area contributed by atoms with Crippen LogP contribution in [0.25, 0.3) is 10.1 Å². The van der Waals surface area contributed by atoms with Gasteiger partial charge in [-0.15, -0.1) is 11.3 Å². The van der Waals surface area contributed by atoms with Gasteiger partial charge in [-0.2, -0.15) is 13.2 Å². The first-order valence-corrected chi connectivity index (χ1v) is 7.63. The number of carbonyl (C=O) groups excluding carboxylic acids is 1. The molecule has 20 heavy (non-hydrogen) atoms. The molecule has 1 atom stereocenters. The number of primary sulfonamides is 1.